The molecule has 0 saturated heterocycles. The summed E-state index contributed by atoms with van der Waals surface area (Å²) < 4.78 is 5.11. The second kappa shape index (κ2) is 4.96. The van der Waals surface area contributed by atoms with Crippen molar-refractivity contribution in [2.75, 3.05) is 7.11 Å². The van der Waals surface area contributed by atoms with Crippen molar-refractivity contribution in [2.45, 2.75) is 19.8 Å². The largest absolute Gasteiger partial charge is 0.481 e. The smallest absolute Gasteiger partial charge is 0.215 e. The number of rotatable bonds is 3. The highest BCUT2D eigenvalue weighted by Gasteiger charge is 2.08. The maximum absolute atomic E-state index is 5.11. The van der Waals surface area contributed by atoms with Crippen LogP contribution in [0.4, 0.5) is 0 Å². The SMILES string of the molecule is COc1ccc2[nH]c(-c3ccc(C(C)C)cc3)nc2n1. The minimum absolute atomic E-state index is 0.533. The van der Waals surface area contributed by atoms with Crippen LogP contribution in [0.1, 0.15) is 25.3 Å². The fourth-order valence-corrected chi connectivity index (χ4v) is 2.15. The van der Waals surface area contributed by atoms with Crippen LogP contribution in [-0.4, -0.2) is 22.1 Å². The molecule has 1 aromatic carbocycles. The molecular weight excluding hydrogens is 250 g/mol. The van der Waals surface area contributed by atoms with Crippen LogP contribution in [0.2, 0.25) is 0 Å². The van der Waals surface area contributed by atoms with Gasteiger partial charge in [0.25, 0.3) is 0 Å². The van der Waals surface area contributed by atoms with E-state index in [-0.39, 0.29) is 0 Å². The monoisotopic (exact) mass is 267 g/mol. The normalized spacial score (nSPS) is 11.2. The Balaban J connectivity index is 2.01. The average molecular weight is 267 g/mol. The first-order chi connectivity index (χ1) is 9.67. The van der Waals surface area contributed by atoms with E-state index in [1.165, 1.54) is 5.56 Å². The molecule has 0 amide bonds. The minimum atomic E-state index is 0.533. The highest BCUT2D eigenvalue weighted by molar-refractivity contribution is 5.76. The van der Waals surface area contributed by atoms with Crippen LogP contribution in [0, 0.1) is 0 Å². The lowest BCUT2D eigenvalue weighted by Gasteiger charge is -2.05. The fraction of sp³-hybridized carbons (Fsp3) is 0.250. The molecule has 0 radical (unpaired) electrons. The van der Waals surface area contributed by atoms with Gasteiger partial charge in [0.15, 0.2) is 5.65 Å². The molecule has 0 atom stereocenters. The van der Waals surface area contributed by atoms with E-state index in [2.05, 4.69) is 53.1 Å². The molecule has 0 aliphatic rings. The van der Waals surface area contributed by atoms with Crippen LogP contribution < -0.4 is 4.74 Å². The van der Waals surface area contributed by atoms with Crippen molar-refractivity contribution in [2.24, 2.45) is 0 Å². The summed E-state index contributed by atoms with van der Waals surface area (Å²) in [4.78, 5) is 12.1. The van der Waals surface area contributed by atoms with Gasteiger partial charge in [-0.25, -0.2) is 4.98 Å². The second-order valence-electron chi connectivity index (χ2n) is 5.09. The van der Waals surface area contributed by atoms with Crippen molar-refractivity contribution in [1.82, 2.24) is 15.0 Å². The molecule has 0 bridgehead atoms. The molecule has 4 nitrogen and oxygen atoms in total. The van der Waals surface area contributed by atoms with Gasteiger partial charge in [-0.3, -0.25) is 0 Å². The Morgan fingerprint density at radius 2 is 1.75 bits per heavy atom. The molecule has 2 aromatic heterocycles. The van der Waals surface area contributed by atoms with Crippen molar-refractivity contribution in [3.8, 4) is 17.3 Å². The number of nitrogens with one attached hydrogen (secondary N) is 1. The van der Waals surface area contributed by atoms with Crippen LogP contribution in [0.25, 0.3) is 22.6 Å². The second-order valence-corrected chi connectivity index (χ2v) is 5.09. The van der Waals surface area contributed by atoms with Gasteiger partial charge in [-0.05, 0) is 17.5 Å². The number of pyridine rings is 1. The van der Waals surface area contributed by atoms with Crippen molar-refractivity contribution < 1.29 is 4.74 Å². The molecule has 3 aromatic rings. The molecule has 4 heteroatoms. The number of benzene rings is 1. The molecule has 102 valence electrons. The van der Waals surface area contributed by atoms with Crippen molar-refractivity contribution in [3.63, 3.8) is 0 Å². The number of aromatic amines is 1. The summed E-state index contributed by atoms with van der Waals surface area (Å²) in [6, 6.07) is 12.2. The third kappa shape index (κ3) is 2.25. The van der Waals surface area contributed by atoms with E-state index in [0.29, 0.717) is 17.4 Å². The molecular formula is C16H17N3O. The number of hydrogen-bond donors (Lipinski definition) is 1. The van der Waals surface area contributed by atoms with Crippen molar-refractivity contribution >= 4 is 11.2 Å². The van der Waals surface area contributed by atoms with Crippen LogP contribution in [0.15, 0.2) is 36.4 Å². The first-order valence-electron chi connectivity index (χ1n) is 6.68. The van der Waals surface area contributed by atoms with Gasteiger partial charge in [0.2, 0.25) is 5.88 Å². The van der Waals surface area contributed by atoms with Gasteiger partial charge in [0, 0.05) is 11.6 Å². The number of aromatic nitrogens is 3. The third-order valence-electron chi connectivity index (χ3n) is 3.38. The first-order valence-corrected chi connectivity index (χ1v) is 6.68. The maximum atomic E-state index is 5.11. The third-order valence-corrected chi connectivity index (χ3v) is 3.38. The van der Waals surface area contributed by atoms with Crippen LogP contribution >= 0.6 is 0 Å². The summed E-state index contributed by atoms with van der Waals surface area (Å²) in [7, 11) is 1.60. The van der Waals surface area contributed by atoms with Gasteiger partial charge in [-0.15, -0.1) is 0 Å². The Morgan fingerprint density at radius 1 is 1.00 bits per heavy atom. The zero-order valence-electron chi connectivity index (χ0n) is 11.8. The van der Waals surface area contributed by atoms with E-state index < -0.39 is 0 Å². The van der Waals surface area contributed by atoms with Gasteiger partial charge in [0.05, 0.1) is 12.6 Å². The fourth-order valence-electron chi connectivity index (χ4n) is 2.15. The highest BCUT2D eigenvalue weighted by Crippen LogP contribution is 2.23. The van der Waals surface area contributed by atoms with E-state index in [9.17, 15) is 0 Å². The molecule has 0 saturated carbocycles. The molecule has 0 unspecified atom stereocenters. The predicted molar refractivity (Wildman–Crippen MR) is 80.0 cm³/mol. The molecule has 1 N–H and O–H groups in total. The molecule has 0 fully saturated rings. The summed E-state index contributed by atoms with van der Waals surface area (Å²) in [5.74, 6) is 1.94. The number of imidazole rings is 1. The zero-order chi connectivity index (χ0) is 14.1. The summed E-state index contributed by atoms with van der Waals surface area (Å²) >= 11 is 0. The number of ether oxygens (including phenoxy) is 1. The van der Waals surface area contributed by atoms with Gasteiger partial charge >= 0.3 is 0 Å². The number of hydrogen-bond acceptors (Lipinski definition) is 3. The number of fused-ring (bicyclic) bond motifs is 1. The number of methoxy groups -OCH3 is 1. The molecule has 0 aliphatic heterocycles. The molecule has 0 aliphatic carbocycles. The Hall–Kier alpha value is -2.36. The summed E-state index contributed by atoms with van der Waals surface area (Å²) in [6.45, 7) is 4.37. The Kier molecular flexibility index (Phi) is 3.14. The van der Waals surface area contributed by atoms with Crippen LogP contribution in [-0.2, 0) is 0 Å². The first kappa shape index (κ1) is 12.7. The lowest BCUT2D eigenvalue weighted by atomic mass is 10.0. The lowest BCUT2D eigenvalue weighted by molar-refractivity contribution is 0.399. The molecule has 3 rings (SSSR count). The zero-order valence-corrected chi connectivity index (χ0v) is 11.8. The predicted octanol–water partition coefficient (Wildman–Crippen LogP) is 3.76. The Bertz CT molecular complexity index is 729. The van der Waals surface area contributed by atoms with Crippen molar-refractivity contribution in [3.05, 3.63) is 42.0 Å². The van der Waals surface area contributed by atoms with E-state index in [4.69, 9.17) is 4.74 Å². The standard InChI is InChI=1S/C16H17N3O/c1-10(2)11-4-6-12(7-5-11)15-17-13-8-9-14(20-3)18-16(13)19-15/h4-10H,1-3H3,(H,17,18,19). The van der Waals surface area contributed by atoms with Gasteiger partial charge in [0.1, 0.15) is 5.82 Å². The lowest BCUT2D eigenvalue weighted by Crippen LogP contribution is -1.87. The van der Waals surface area contributed by atoms with Crippen LogP contribution in [0.5, 0.6) is 5.88 Å². The maximum Gasteiger partial charge on any atom is 0.215 e. The van der Waals surface area contributed by atoms with Gasteiger partial charge < -0.3 is 9.72 Å². The van der Waals surface area contributed by atoms with Gasteiger partial charge in [-0.1, -0.05) is 38.1 Å². The average Bonchev–Trinajstić information content (AvgIpc) is 2.90. The Labute approximate surface area is 117 Å². The summed E-state index contributed by atoms with van der Waals surface area (Å²) in [6.07, 6.45) is 0. The number of H-pyrrole nitrogens is 1. The Morgan fingerprint density at radius 3 is 2.40 bits per heavy atom. The van der Waals surface area contributed by atoms with E-state index in [0.717, 1.165) is 16.9 Å². The van der Waals surface area contributed by atoms with Gasteiger partial charge in [-0.2, -0.15) is 4.98 Å². The van der Waals surface area contributed by atoms with E-state index in [1.54, 1.807) is 7.11 Å². The summed E-state index contributed by atoms with van der Waals surface area (Å²) in [5, 5.41) is 0. The van der Waals surface area contributed by atoms with Crippen LogP contribution in [0.3, 0.4) is 0 Å². The van der Waals surface area contributed by atoms with E-state index in [1.807, 2.05) is 12.1 Å². The highest BCUT2D eigenvalue weighted by atomic mass is 16.5. The molecule has 2 heterocycles. The number of nitrogens with zero attached hydrogens (tertiary/aromatic N) is 2. The van der Waals surface area contributed by atoms with E-state index >= 15 is 0 Å². The van der Waals surface area contributed by atoms with Crippen molar-refractivity contribution in [1.29, 1.82) is 0 Å². The quantitative estimate of drug-likeness (QED) is 0.786. The molecule has 0 spiro atoms. The topological polar surface area (TPSA) is 50.8 Å². The summed E-state index contributed by atoms with van der Waals surface area (Å²) in [5.41, 5.74) is 3.97. The minimum Gasteiger partial charge on any atom is -0.481 e. The molecule has 20 heavy (non-hydrogen) atoms.